The first-order chi connectivity index (χ1) is 14.2. The Kier molecular flexibility index (Phi) is 6.73. The van der Waals surface area contributed by atoms with Crippen molar-refractivity contribution in [3.8, 4) is 0 Å². The first-order valence-corrected chi connectivity index (χ1v) is 11.1. The monoisotopic (exact) mass is 411 g/mol. The van der Waals surface area contributed by atoms with Crippen molar-refractivity contribution in [2.45, 2.75) is 19.3 Å². The maximum absolute atomic E-state index is 12.6. The summed E-state index contributed by atoms with van der Waals surface area (Å²) < 4.78 is 0. The number of hydrogen-bond donors (Lipinski definition) is 0. The fourth-order valence-corrected chi connectivity index (χ4v) is 4.56. The van der Waals surface area contributed by atoms with Gasteiger partial charge in [-0.2, -0.15) is 0 Å². The van der Waals surface area contributed by atoms with Gasteiger partial charge in [0.05, 0.1) is 0 Å². The lowest BCUT2D eigenvalue weighted by Gasteiger charge is -2.37. The van der Waals surface area contributed by atoms with Crippen molar-refractivity contribution in [3.63, 3.8) is 0 Å². The van der Waals surface area contributed by atoms with Gasteiger partial charge < -0.3 is 9.80 Å². The summed E-state index contributed by atoms with van der Waals surface area (Å²) in [5.74, 6) is 0.923. The lowest BCUT2D eigenvalue weighted by Crippen LogP contribution is -2.47. The minimum atomic E-state index is 0.183. The molecule has 4 rings (SSSR count). The van der Waals surface area contributed by atoms with Crippen molar-refractivity contribution >= 4 is 23.2 Å². The van der Waals surface area contributed by atoms with E-state index in [0.717, 1.165) is 68.6 Å². The molecule has 0 aromatic heterocycles. The molecule has 0 unspecified atom stereocenters. The van der Waals surface area contributed by atoms with Crippen LogP contribution in [-0.4, -0.2) is 61.5 Å². The maximum Gasteiger partial charge on any atom is 0.253 e. The Morgan fingerprint density at radius 3 is 2.17 bits per heavy atom. The normalized spacial score (nSPS) is 18.8. The predicted octanol–water partition coefficient (Wildman–Crippen LogP) is 4.40. The van der Waals surface area contributed by atoms with Crippen LogP contribution < -0.4 is 4.90 Å². The highest BCUT2D eigenvalue weighted by Gasteiger charge is 2.24. The maximum atomic E-state index is 12.6. The number of piperidine rings is 1. The van der Waals surface area contributed by atoms with Gasteiger partial charge in [0, 0.05) is 55.5 Å². The summed E-state index contributed by atoms with van der Waals surface area (Å²) >= 11 is 6.00. The van der Waals surface area contributed by atoms with Gasteiger partial charge in [0.15, 0.2) is 0 Å². The van der Waals surface area contributed by atoms with E-state index in [1.54, 1.807) is 0 Å². The molecule has 0 N–H and O–H groups in total. The Hall–Kier alpha value is -2.04. The number of rotatable bonds is 5. The minimum Gasteiger partial charge on any atom is -0.369 e. The van der Waals surface area contributed by atoms with Crippen LogP contribution in [0.25, 0.3) is 0 Å². The highest BCUT2D eigenvalue weighted by Crippen LogP contribution is 2.23. The summed E-state index contributed by atoms with van der Waals surface area (Å²) in [5.41, 5.74) is 2.08. The zero-order valence-corrected chi connectivity index (χ0v) is 17.7. The first kappa shape index (κ1) is 20.2. The number of piperazine rings is 1. The standard InChI is InChI=1S/C24H30ClN3O/c25-22-6-8-23(9-7-22)27-18-16-26(17-19-27)13-10-20-11-14-28(15-12-20)24(29)21-4-2-1-3-5-21/h1-9,20H,10-19H2. The lowest BCUT2D eigenvalue weighted by molar-refractivity contribution is 0.0680. The number of hydrogen-bond acceptors (Lipinski definition) is 3. The van der Waals surface area contributed by atoms with Gasteiger partial charge in [-0.25, -0.2) is 0 Å². The van der Waals surface area contributed by atoms with Crippen LogP contribution >= 0.6 is 11.6 Å². The smallest absolute Gasteiger partial charge is 0.253 e. The van der Waals surface area contributed by atoms with Gasteiger partial charge in [-0.3, -0.25) is 9.69 Å². The lowest BCUT2D eigenvalue weighted by atomic mass is 9.93. The molecule has 2 aromatic carbocycles. The number of nitrogens with zero attached hydrogens (tertiary/aromatic N) is 3. The number of carbonyl (C=O) groups excluding carboxylic acids is 1. The summed E-state index contributed by atoms with van der Waals surface area (Å²) in [6.07, 6.45) is 3.50. The Balaban J connectivity index is 1.17. The van der Waals surface area contributed by atoms with E-state index in [2.05, 4.69) is 21.9 Å². The molecular weight excluding hydrogens is 382 g/mol. The van der Waals surface area contributed by atoms with Crippen LogP contribution in [0.2, 0.25) is 5.02 Å². The van der Waals surface area contributed by atoms with Crippen molar-refractivity contribution < 1.29 is 4.79 Å². The number of halogens is 1. The fraction of sp³-hybridized carbons (Fsp3) is 0.458. The van der Waals surface area contributed by atoms with Gasteiger partial charge in [-0.05, 0) is 68.1 Å². The molecule has 2 aromatic rings. The van der Waals surface area contributed by atoms with Gasteiger partial charge in [0.1, 0.15) is 0 Å². The quantitative estimate of drug-likeness (QED) is 0.729. The SMILES string of the molecule is O=C(c1ccccc1)N1CCC(CCN2CCN(c3ccc(Cl)cc3)CC2)CC1. The van der Waals surface area contributed by atoms with Gasteiger partial charge in [-0.15, -0.1) is 0 Å². The van der Waals surface area contributed by atoms with Crippen LogP contribution in [0.5, 0.6) is 0 Å². The molecule has 29 heavy (non-hydrogen) atoms. The highest BCUT2D eigenvalue weighted by atomic mass is 35.5. The van der Waals surface area contributed by atoms with Crippen molar-refractivity contribution in [2.24, 2.45) is 5.92 Å². The molecule has 0 bridgehead atoms. The molecule has 2 aliphatic rings. The van der Waals surface area contributed by atoms with E-state index in [1.807, 2.05) is 47.4 Å². The van der Waals surface area contributed by atoms with E-state index < -0.39 is 0 Å². The predicted molar refractivity (Wildman–Crippen MR) is 120 cm³/mol. The zero-order chi connectivity index (χ0) is 20.1. The van der Waals surface area contributed by atoms with Crippen LogP contribution in [-0.2, 0) is 0 Å². The molecule has 5 heteroatoms. The highest BCUT2D eigenvalue weighted by molar-refractivity contribution is 6.30. The Morgan fingerprint density at radius 1 is 0.862 bits per heavy atom. The second-order valence-corrected chi connectivity index (χ2v) is 8.63. The molecule has 0 saturated carbocycles. The van der Waals surface area contributed by atoms with Crippen molar-refractivity contribution in [1.82, 2.24) is 9.80 Å². The van der Waals surface area contributed by atoms with Crippen LogP contribution in [0.3, 0.4) is 0 Å². The number of benzene rings is 2. The molecule has 0 spiro atoms. The van der Waals surface area contributed by atoms with Gasteiger partial charge in [0.25, 0.3) is 5.91 Å². The van der Waals surface area contributed by atoms with Gasteiger partial charge in [0.2, 0.25) is 0 Å². The second-order valence-electron chi connectivity index (χ2n) is 8.20. The minimum absolute atomic E-state index is 0.183. The van der Waals surface area contributed by atoms with Crippen molar-refractivity contribution in [1.29, 1.82) is 0 Å². The average Bonchev–Trinajstić information content (AvgIpc) is 2.79. The van der Waals surface area contributed by atoms with E-state index in [-0.39, 0.29) is 5.91 Å². The Labute approximate surface area is 179 Å². The summed E-state index contributed by atoms with van der Waals surface area (Å²) in [5, 5.41) is 0.795. The molecular formula is C24H30ClN3O. The Bertz CT molecular complexity index is 780. The summed E-state index contributed by atoms with van der Waals surface area (Å²) in [4.78, 5) is 19.6. The number of carbonyl (C=O) groups is 1. The first-order valence-electron chi connectivity index (χ1n) is 10.8. The average molecular weight is 412 g/mol. The molecule has 0 aliphatic carbocycles. The molecule has 2 heterocycles. The van der Waals surface area contributed by atoms with Crippen molar-refractivity contribution in [2.75, 3.05) is 50.7 Å². The second kappa shape index (κ2) is 9.64. The summed E-state index contributed by atoms with van der Waals surface area (Å²) in [7, 11) is 0. The molecule has 0 atom stereocenters. The van der Waals surface area contributed by atoms with Crippen LogP contribution in [0, 0.1) is 5.92 Å². The van der Waals surface area contributed by atoms with Crippen LogP contribution in [0.4, 0.5) is 5.69 Å². The Morgan fingerprint density at radius 2 is 1.52 bits per heavy atom. The molecule has 154 valence electrons. The topological polar surface area (TPSA) is 26.8 Å². The third-order valence-corrected chi connectivity index (χ3v) is 6.59. The zero-order valence-electron chi connectivity index (χ0n) is 17.0. The van der Waals surface area contributed by atoms with Crippen LogP contribution in [0.1, 0.15) is 29.6 Å². The number of amides is 1. The van der Waals surface area contributed by atoms with E-state index in [1.165, 1.54) is 18.7 Å². The number of anilines is 1. The number of likely N-dealkylation sites (tertiary alicyclic amines) is 1. The van der Waals surface area contributed by atoms with Crippen molar-refractivity contribution in [3.05, 3.63) is 65.2 Å². The molecule has 0 radical (unpaired) electrons. The van der Waals surface area contributed by atoms with E-state index >= 15 is 0 Å². The van der Waals surface area contributed by atoms with Gasteiger partial charge >= 0.3 is 0 Å². The molecule has 2 fully saturated rings. The largest absolute Gasteiger partial charge is 0.369 e. The molecule has 1 amide bonds. The molecule has 2 saturated heterocycles. The third kappa shape index (κ3) is 5.31. The summed E-state index contributed by atoms with van der Waals surface area (Å²) in [6, 6.07) is 17.8. The van der Waals surface area contributed by atoms with E-state index in [4.69, 9.17) is 11.6 Å². The van der Waals surface area contributed by atoms with E-state index in [0.29, 0.717) is 0 Å². The molecule has 2 aliphatic heterocycles. The summed E-state index contributed by atoms with van der Waals surface area (Å²) in [6.45, 7) is 7.34. The van der Waals surface area contributed by atoms with Gasteiger partial charge in [-0.1, -0.05) is 29.8 Å². The molecule has 4 nitrogen and oxygen atoms in total. The van der Waals surface area contributed by atoms with E-state index in [9.17, 15) is 4.79 Å². The van der Waals surface area contributed by atoms with Crippen LogP contribution in [0.15, 0.2) is 54.6 Å². The fourth-order valence-electron chi connectivity index (χ4n) is 4.43. The third-order valence-electron chi connectivity index (χ3n) is 6.34.